The smallest absolute Gasteiger partial charge is 0.189 e. The van der Waals surface area contributed by atoms with Gasteiger partial charge in [-0.15, -0.1) is 0 Å². The number of carbonyl (C=O) groups is 1. The summed E-state index contributed by atoms with van der Waals surface area (Å²) in [6.45, 7) is 1.06. The van der Waals surface area contributed by atoms with Crippen molar-refractivity contribution in [3.05, 3.63) is 179 Å². The molecule has 0 saturated carbocycles. The fourth-order valence-corrected chi connectivity index (χ4v) is 4.96. The van der Waals surface area contributed by atoms with E-state index in [-0.39, 0.29) is 45.4 Å². The molecule has 0 aliphatic rings. The monoisotopic (exact) mass is 643 g/mol. The summed E-state index contributed by atoms with van der Waals surface area (Å²) in [6, 6.07) is 48.8. The van der Waals surface area contributed by atoms with Gasteiger partial charge in [0.25, 0.3) is 0 Å². The van der Waals surface area contributed by atoms with E-state index in [0.717, 1.165) is 27.8 Å². The zero-order chi connectivity index (χ0) is 33.1. The molecular formula is C41H41NO6. The highest BCUT2D eigenvalue weighted by molar-refractivity contribution is 5.85. The van der Waals surface area contributed by atoms with Crippen molar-refractivity contribution in [3.8, 4) is 0 Å². The topological polar surface area (TPSA) is 75.6 Å². The standard InChI is InChI=1S/C41H41NO6/c43-38(32-44-27-33-16-6-1-7-17-33)40(46-29-35-20-10-3-11-21-35)41(47-30-36-22-12-4-13-23-36)39(45-28-34-18-8-2-9-19-34)26-42-48-31-37-24-14-5-15-25-37/h1-26,39-41H,27-32H2/b42-26+/t39-,40-,41+/m0/s1. The Kier molecular flexibility index (Phi) is 14.1. The number of oxime groups is 1. The fourth-order valence-electron chi connectivity index (χ4n) is 4.96. The first-order valence-corrected chi connectivity index (χ1v) is 16.0. The second-order valence-corrected chi connectivity index (χ2v) is 11.2. The van der Waals surface area contributed by atoms with Crippen LogP contribution < -0.4 is 0 Å². The number of carbonyl (C=O) groups excluding carboxylic acids is 1. The Morgan fingerprint density at radius 1 is 0.500 bits per heavy atom. The SMILES string of the molecule is O=C(COCc1ccccc1)[C@H](OCc1ccccc1)[C@H](OCc1ccccc1)[C@H](/C=N/OCc1ccccc1)OCc1ccccc1. The van der Waals surface area contributed by atoms with Crippen LogP contribution in [0, 0.1) is 0 Å². The predicted octanol–water partition coefficient (Wildman–Crippen LogP) is 7.73. The van der Waals surface area contributed by atoms with Crippen LogP contribution in [0.15, 0.2) is 157 Å². The number of ketones is 1. The van der Waals surface area contributed by atoms with Gasteiger partial charge in [0.15, 0.2) is 5.78 Å². The van der Waals surface area contributed by atoms with Gasteiger partial charge >= 0.3 is 0 Å². The van der Waals surface area contributed by atoms with E-state index in [9.17, 15) is 4.79 Å². The Balaban J connectivity index is 1.41. The first-order chi connectivity index (χ1) is 23.7. The zero-order valence-electron chi connectivity index (χ0n) is 26.9. The van der Waals surface area contributed by atoms with Crippen molar-refractivity contribution in [3.63, 3.8) is 0 Å². The second-order valence-electron chi connectivity index (χ2n) is 11.2. The van der Waals surface area contributed by atoms with Crippen LogP contribution in [0.4, 0.5) is 0 Å². The van der Waals surface area contributed by atoms with Gasteiger partial charge in [0.1, 0.15) is 31.5 Å². The van der Waals surface area contributed by atoms with E-state index in [0.29, 0.717) is 0 Å². The second kappa shape index (κ2) is 19.7. The number of hydrogen-bond donors (Lipinski definition) is 0. The molecule has 0 N–H and O–H groups in total. The molecule has 0 amide bonds. The minimum Gasteiger partial charge on any atom is -0.391 e. The van der Waals surface area contributed by atoms with E-state index in [1.807, 2.05) is 152 Å². The van der Waals surface area contributed by atoms with Crippen molar-refractivity contribution < 1.29 is 28.6 Å². The average Bonchev–Trinajstić information content (AvgIpc) is 3.15. The molecule has 246 valence electrons. The molecule has 5 aromatic rings. The lowest BCUT2D eigenvalue weighted by molar-refractivity contribution is -0.162. The quantitative estimate of drug-likeness (QED) is 0.0638. The van der Waals surface area contributed by atoms with Crippen LogP contribution in [0.3, 0.4) is 0 Å². The van der Waals surface area contributed by atoms with Gasteiger partial charge < -0.3 is 23.8 Å². The molecule has 0 radical (unpaired) electrons. The molecule has 0 bridgehead atoms. The van der Waals surface area contributed by atoms with Crippen LogP contribution in [0.5, 0.6) is 0 Å². The van der Waals surface area contributed by atoms with Crippen LogP contribution in [-0.4, -0.2) is 36.9 Å². The Morgan fingerprint density at radius 3 is 1.38 bits per heavy atom. The van der Waals surface area contributed by atoms with Gasteiger partial charge in [0, 0.05) is 0 Å². The average molecular weight is 644 g/mol. The Morgan fingerprint density at radius 2 is 0.896 bits per heavy atom. The molecule has 0 aliphatic heterocycles. The summed E-state index contributed by atoms with van der Waals surface area (Å²) in [5.41, 5.74) is 4.76. The van der Waals surface area contributed by atoms with Gasteiger partial charge in [-0.2, -0.15) is 0 Å². The highest BCUT2D eigenvalue weighted by Gasteiger charge is 2.37. The van der Waals surface area contributed by atoms with Crippen molar-refractivity contribution in [2.75, 3.05) is 6.61 Å². The van der Waals surface area contributed by atoms with E-state index in [1.165, 1.54) is 0 Å². The van der Waals surface area contributed by atoms with Gasteiger partial charge in [0.2, 0.25) is 0 Å². The third-order valence-electron chi connectivity index (χ3n) is 7.49. The van der Waals surface area contributed by atoms with Crippen LogP contribution >= 0.6 is 0 Å². The summed E-state index contributed by atoms with van der Waals surface area (Å²) in [4.78, 5) is 19.7. The first-order valence-electron chi connectivity index (χ1n) is 16.0. The Labute approximate surface area is 282 Å². The summed E-state index contributed by atoms with van der Waals surface area (Å²) in [5, 5.41) is 4.29. The summed E-state index contributed by atoms with van der Waals surface area (Å²) in [6.07, 6.45) is -1.21. The van der Waals surface area contributed by atoms with Crippen molar-refractivity contribution in [2.24, 2.45) is 5.16 Å². The lowest BCUT2D eigenvalue weighted by Gasteiger charge is -2.31. The number of nitrogens with zero attached hydrogens (tertiary/aromatic N) is 1. The fraction of sp³-hybridized carbons (Fsp3) is 0.220. The zero-order valence-corrected chi connectivity index (χ0v) is 26.9. The molecular weight excluding hydrogens is 602 g/mol. The molecule has 5 aromatic carbocycles. The third kappa shape index (κ3) is 11.7. The maximum atomic E-state index is 14.0. The van der Waals surface area contributed by atoms with E-state index >= 15 is 0 Å². The van der Waals surface area contributed by atoms with Crippen LogP contribution in [-0.2, 0) is 61.6 Å². The van der Waals surface area contributed by atoms with Gasteiger partial charge in [0.05, 0.1) is 32.6 Å². The molecule has 0 heterocycles. The number of Topliss-reactive ketones (excluding diaryl/α,β-unsaturated/α-hetero) is 1. The molecule has 0 saturated heterocycles. The maximum Gasteiger partial charge on any atom is 0.189 e. The van der Waals surface area contributed by atoms with Crippen LogP contribution in [0.1, 0.15) is 27.8 Å². The molecule has 0 aliphatic carbocycles. The molecule has 7 heteroatoms. The molecule has 5 rings (SSSR count). The summed E-state index contributed by atoms with van der Waals surface area (Å²) in [7, 11) is 0. The van der Waals surface area contributed by atoms with Crippen molar-refractivity contribution in [2.45, 2.75) is 51.3 Å². The highest BCUT2D eigenvalue weighted by Crippen LogP contribution is 2.20. The summed E-state index contributed by atoms with van der Waals surface area (Å²) < 4.78 is 25.3. The van der Waals surface area contributed by atoms with E-state index in [4.69, 9.17) is 23.8 Å². The molecule has 48 heavy (non-hydrogen) atoms. The predicted molar refractivity (Wildman–Crippen MR) is 186 cm³/mol. The highest BCUT2D eigenvalue weighted by atomic mass is 16.6. The van der Waals surface area contributed by atoms with Crippen molar-refractivity contribution >= 4 is 12.0 Å². The van der Waals surface area contributed by atoms with Crippen molar-refractivity contribution in [1.82, 2.24) is 0 Å². The largest absolute Gasteiger partial charge is 0.391 e. The van der Waals surface area contributed by atoms with Gasteiger partial charge in [-0.25, -0.2) is 0 Å². The first kappa shape index (κ1) is 34.4. The maximum absolute atomic E-state index is 14.0. The lowest BCUT2D eigenvalue weighted by Crippen LogP contribution is -2.48. The Hall–Kier alpha value is -4.92. The number of hydrogen-bond acceptors (Lipinski definition) is 7. The number of rotatable bonds is 20. The number of benzene rings is 5. The minimum absolute atomic E-state index is 0.174. The minimum atomic E-state index is -1.05. The Bertz CT molecular complexity index is 1620. The molecule has 0 spiro atoms. The van der Waals surface area contributed by atoms with Gasteiger partial charge in [-0.05, 0) is 27.8 Å². The van der Waals surface area contributed by atoms with E-state index in [2.05, 4.69) is 5.16 Å². The van der Waals surface area contributed by atoms with Gasteiger partial charge in [-0.3, -0.25) is 4.79 Å². The van der Waals surface area contributed by atoms with Crippen molar-refractivity contribution in [1.29, 1.82) is 0 Å². The molecule has 7 nitrogen and oxygen atoms in total. The summed E-state index contributed by atoms with van der Waals surface area (Å²) in [5.74, 6) is -0.271. The summed E-state index contributed by atoms with van der Waals surface area (Å²) >= 11 is 0. The third-order valence-corrected chi connectivity index (χ3v) is 7.49. The van der Waals surface area contributed by atoms with Gasteiger partial charge in [-0.1, -0.05) is 157 Å². The normalized spacial score (nSPS) is 13.2. The number of ether oxygens (including phenoxy) is 4. The molecule has 0 aromatic heterocycles. The van der Waals surface area contributed by atoms with Crippen LogP contribution in [0.2, 0.25) is 0 Å². The molecule has 0 unspecified atom stereocenters. The molecule has 0 fully saturated rings. The van der Waals surface area contributed by atoms with E-state index < -0.39 is 18.3 Å². The van der Waals surface area contributed by atoms with E-state index in [1.54, 1.807) is 6.21 Å². The lowest BCUT2D eigenvalue weighted by atomic mass is 10.0. The molecule has 3 atom stereocenters. The van der Waals surface area contributed by atoms with Crippen LogP contribution in [0.25, 0.3) is 0 Å².